The van der Waals surface area contributed by atoms with Crippen molar-refractivity contribution in [1.82, 2.24) is 4.90 Å². The molecule has 1 atom stereocenters. The summed E-state index contributed by atoms with van der Waals surface area (Å²) < 4.78 is 0. The zero-order valence-electron chi connectivity index (χ0n) is 9.82. The predicted octanol–water partition coefficient (Wildman–Crippen LogP) is 1.81. The van der Waals surface area contributed by atoms with Crippen LogP contribution in [0.5, 0.6) is 0 Å². The monoisotopic (exact) mass is 238 g/mol. The van der Waals surface area contributed by atoms with Crippen molar-refractivity contribution in [3.05, 3.63) is 21.4 Å². The molecule has 0 bridgehead atoms. The molecule has 0 aromatic carbocycles. The third kappa shape index (κ3) is 2.28. The molecule has 0 spiro atoms. The number of hydrogen-bond donors (Lipinski definition) is 1. The van der Waals surface area contributed by atoms with Crippen LogP contribution in [0, 0.1) is 13.8 Å². The van der Waals surface area contributed by atoms with E-state index in [1.165, 1.54) is 15.3 Å². The summed E-state index contributed by atoms with van der Waals surface area (Å²) in [5.41, 5.74) is 7.08. The lowest BCUT2D eigenvalue weighted by atomic mass is 10.1. The first-order valence-electron chi connectivity index (χ1n) is 5.68. The van der Waals surface area contributed by atoms with Crippen LogP contribution in [0.2, 0.25) is 0 Å². The van der Waals surface area contributed by atoms with E-state index >= 15 is 0 Å². The number of amides is 1. The molecule has 3 nitrogen and oxygen atoms in total. The summed E-state index contributed by atoms with van der Waals surface area (Å²) in [5, 5.41) is 0. The minimum Gasteiger partial charge on any atom is -0.336 e. The number of nitrogens with zero attached hydrogens (tertiary/aromatic N) is 1. The van der Waals surface area contributed by atoms with Crippen molar-refractivity contribution in [1.29, 1.82) is 0 Å². The van der Waals surface area contributed by atoms with Crippen LogP contribution >= 0.6 is 11.3 Å². The van der Waals surface area contributed by atoms with Gasteiger partial charge in [0.25, 0.3) is 0 Å². The number of rotatable bonds is 2. The molecule has 2 rings (SSSR count). The summed E-state index contributed by atoms with van der Waals surface area (Å²) >= 11 is 1.78. The predicted molar refractivity (Wildman–Crippen MR) is 66.4 cm³/mol. The molecule has 1 unspecified atom stereocenters. The van der Waals surface area contributed by atoms with Crippen molar-refractivity contribution >= 4 is 17.2 Å². The third-order valence-electron chi connectivity index (χ3n) is 3.14. The molecule has 2 heterocycles. The van der Waals surface area contributed by atoms with E-state index in [1.54, 1.807) is 11.3 Å². The molecule has 1 aromatic heterocycles. The first-order chi connectivity index (χ1) is 7.58. The van der Waals surface area contributed by atoms with Crippen molar-refractivity contribution in [2.45, 2.75) is 39.3 Å². The van der Waals surface area contributed by atoms with Crippen LogP contribution in [0.1, 0.15) is 28.2 Å². The van der Waals surface area contributed by atoms with Crippen molar-refractivity contribution in [3.63, 3.8) is 0 Å². The summed E-state index contributed by atoms with van der Waals surface area (Å²) in [5.74, 6) is 0.106. The van der Waals surface area contributed by atoms with Crippen LogP contribution in [0.15, 0.2) is 6.07 Å². The Kier molecular flexibility index (Phi) is 3.30. The smallest absolute Gasteiger partial charge is 0.239 e. The Morgan fingerprint density at radius 1 is 1.56 bits per heavy atom. The van der Waals surface area contributed by atoms with Crippen molar-refractivity contribution in [2.24, 2.45) is 5.73 Å². The van der Waals surface area contributed by atoms with Crippen LogP contribution in [-0.2, 0) is 11.3 Å². The molecule has 1 amide bonds. The average molecular weight is 238 g/mol. The zero-order valence-corrected chi connectivity index (χ0v) is 10.6. The van der Waals surface area contributed by atoms with E-state index < -0.39 is 0 Å². The van der Waals surface area contributed by atoms with E-state index in [9.17, 15) is 4.79 Å². The van der Waals surface area contributed by atoms with E-state index in [0.29, 0.717) is 0 Å². The largest absolute Gasteiger partial charge is 0.336 e. The molecule has 16 heavy (non-hydrogen) atoms. The minimum absolute atomic E-state index is 0.106. The van der Waals surface area contributed by atoms with Gasteiger partial charge in [0.1, 0.15) is 0 Å². The van der Waals surface area contributed by atoms with E-state index in [0.717, 1.165) is 25.9 Å². The van der Waals surface area contributed by atoms with Crippen molar-refractivity contribution in [3.8, 4) is 0 Å². The van der Waals surface area contributed by atoms with E-state index in [2.05, 4.69) is 19.9 Å². The van der Waals surface area contributed by atoms with Gasteiger partial charge in [0, 0.05) is 16.3 Å². The van der Waals surface area contributed by atoms with Crippen LogP contribution in [0.25, 0.3) is 0 Å². The van der Waals surface area contributed by atoms with Gasteiger partial charge >= 0.3 is 0 Å². The molecule has 4 heteroatoms. The standard InChI is InChI=1S/C12H18N2OS/c1-8-6-10(16-9(8)2)7-14-5-3-4-11(13)12(14)15/h6,11H,3-5,7,13H2,1-2H3. The van der Waals surface area contributed by atoms with Crippen LogP contribution in [-0.4, -0.2) is 23.4 Å². The number of hydrogen-bond acceptors (Lipinski definition) is 3. The highest BCUT2D eigenvalue weighted by molar-refractivity contribution is 7.12. The summed E-state index contributed by atoms with van der Waals surface area (Å²) in [4.78, 5) is 16.3. The molecule has 1 saturated heterocycles. The number of nitrogens with two attached hydrogens (primary N) is 1. The van der Waals surface area contributed by atoms with Gasteiger partial charge in [-0.25, -0.2) is 0 Å². The summed E-state index contributed by atoms with van der Waals surface area (Å²) in [6.07, 6.45) is 1.86. The van der Waals surface area contributed by atoms with E-state index in [1.807, 2.05) is 4.90 Å². The van der Waals surface area contributed by atoms with Gasteiger partial charge in [-0.15, -0.1) is 11.3 Å². The normalized spacial score (nSPS) is 21.6. The summed E-state index contributed by atoms with van der Waals surface area (Å²) in [6.45, 7) is 5.81. The fourth-order valence-electron chi connectivity index (χ4n) is 2.04. The molecule has 0 radical (unpaired) electrons. The minimum atomic E-state index is -0.282. The number of aryl methyl sites for hydroxylation is 2. The Bertz CT molecular complexity index is 380. The van der Waals surface area contributed by atoms with E-state index in [-0.39, 0.29) is 11.9 Å². The Morgan fingerprint density at radius 2 is 2.31 bits per heavy atom. The fourth-order valence-corrected chi connectivity index (χ4v) is 3.11. The number of carbonyl (C=O) groups is 1. The van der Waals surface area contributed by atoms with Crippen molar-refractivity contribution < 1.29 is 4.79 Å². The maximum Gasteiger partial charge on any atom is 0.239 e. The van der Waals surface area contributed by atoms with Crippen LogP contribution in [0.3, 0.4) is 0 Å². The van der Waals surface area contributed by atoms with Gasteiger partial charge in [-0.2, -0.15) is 0 Å². The molecule has 1 fully saturated rings. The van der Waals surface area contributed by atoms with Gasteiger partial charge in [-0.3, -0.25) is 4.79 Å². The van der Waals surface area contributed by atoms with Gasteiger partial charge in [0.15, 0.2) is 0 Å². The lowest BCUT2D eigenvalue weighted by molar-refractivity contribution is -0.135. The molecular weight excluding hydrogens is 220 g/mol. The maximum atomic E-state index is 11.8. The molecule has 0 aliphatic carbocycles. The van der Waals surface area contributed by atoms with Gasteiger partial charge < -0.3 is 10.6 Å². The molecule has 2 N–H and O–H groups in total. The van der Waals surface area contributed by atoms with Gasteiger partial charge in [-0.05, 0) is 38.3 Å². The SMILES string of the molecule is Cc1cc(CN2CCCC(N)C2=O)sc1C. The van der Waals surface area contributed by atoms with Gasteiger partial charge in [0.2, 0.25) is 5.91 Å². The lowest BCUT2D eigenvalue weighted by Crippen LogP contribution is -2.47. The summed E-state index contributed by atoms with van der Waals surface area (Å²) in [6, 6.07) is 1.89. The quantitative estimate of drug-likeness (QED) is 0.854. The van der Waals surface area contributed by atoms with Gasteiger partial charge in [-0.1, -0.05) is 0 Å². The number of likely N-dealkylation sites (tertiary alicyclic amines) is 1. The second kappa shape index (κ2) is 4.55. The number of piperidine rings is 1. The lowest BCUT2D eigenvalue weighted by Gasteiger charge is -2.30. The Morgan fingerprint density at radius 3 is 2.94 bits per heavy atom. The molecule has 88 valence electrons. The van der Waals surface area contributed by atoms with E-state index in [4.69, 9.17) is 5.73 Å². The van der Waals surface area contributed by atoms with Crippen LogP contribution < -0.4 is 5.73 Å². The number of thiophene rings is 1. The third-order valence-corrected chi connectivity index (χ3v) is 4.27. The van der Waals surface area contributed by atoms with Crippen molar-refractivity contribution in [2.75, 3.05) is 6.54 Å². The van der Waals surface area contributed by atoms with Gasteiger partial charge in [0.05, 0.1) is 12.6 Å². The molecule has 0 saturated carbocycles. The second-order valence-electron chi connectivity index (χ2n) is 4.46. The molecule has 1 aliphatic heterocycles. The maximum absolute atomic E-state index is 11.8. The first kappa shape index (κ1) is 11.6. The highest BCUT2D eigenvalue weighted by atomic mass is 32.1. The zero-order chi connectivity index (χ0) is 11.7. The highest BCUT2D eigenvalue weighted by Gasteiger charge is 2.25. The fraction of sp³-hybridized carbons (Fsp3) is 0.583. The summed E-state index contributed by atoms with van der Waals surface area (Å²) in [7, 11) is 0. The second-order valence-corrected chi connectivity index (χ2v) is 5.80. The Labute approximate surface area is 100 Å². The topological polar surface area (TPSA) is 46.3 Å². The molecule has 1 aliphatic rings. The Hall–Kier alpha value is -0.870. The Balaban J connectivity index is 2.06. The average Bonchev–Trinajstić information content (AvgIpc) is 2.54. The molecule has 1 aromatic rings. The molecular formula is C12H18N2OS. The van der Waals surface area contributed by atoms with Crippen LogP contribution in [0.4, 0.5) is 0 Å². The highest BCUT2D eigenvalue weighted by Crippen LogP contribution is 2.23. The number of carbonyl (C=O) groups excluding carboxylic acids is 1. The first-order valence-corrected chi connectivity index (χ1v) is 6.50.